The van der Waals surface area contributed by atoms with Crippen LogP contribution in [0.3, 0.4) is 0 Å². The second-order valence-corrected chi connectivity index (χ2v) is 8.24. The van der Waals surface area contributed by atoms with Gasteiger partial charge in [0.2, 0.25) is 0 Å². The molecule has 0 aromatic carbocycles. The topological polar surface area (TPSA) is 31.0 Å². The molecule has 3 nitrogen and oxygen atoms in total. The molecule has 78 valence electrons. The van der Waals surface area contributed by atoms with Gasteiger partial charge in [0.05, 0.1) is 0 Å². The van der Waals surface area contributed by atoms with Gasteiger partial charge in [-0.25, -0.2) is 0 Å². The van der Waals surface area contributed by atoms with Crippen LogP contribution in [-0.4, -0.2) is 34.4 Å². The first-order chi connectivity index (χ1) is 6.14. The van der Waals surface area contributed by atoms with Crippen molar-refractivity contribution in [2.45, 2.75) is 38.8 Å². The predicted octanol–water partition coefficient (Wildman–Crippen LogP) is 1.99. The minimum absolute atomic E-state index is 0.108. The van der Waals surface area contributed by atoms with Crippen molar-refractivity contribution in [2.75, 3.05) is 19.8 Å². The molecule has 0 saturated carbocycles. The van der Waals surface area contributed by atoms with Gasteiger partial charge in [-0.1, -0.05) is 0 Å². The van der Waals surface area contributed by atoms with Gasteiger partial charge in [-0.2, -0.15) is 0 Å². The standard InChI is InChI=1S/C9H20O3Si/c1-4-12-13(2,3)7-5-6-10-9-8-11-9/h9H,4-8H2,1-3H3. The zero-order chi connectivity index (χ0) is 9.73. The molecule has 1 aliphatic heterocycles. The zero-order valence-corrected chi connectivity index (χ0v) is 9.84. The third kappa shape index (κ3) is 5.41. The Morgan fingerprint density at radius 2 is 2.15 bits per heavy atom. The van der Waals surface area contributed by atoms with Crippen LogP contribution < -0.4 is 0 Å². The van der Waals surface area contributed by atoms with Gasteiger partial charge < -0.3 is 13.9 Å². The summed E-state index contributed by atoms with van der Waals surface area (Å²) in [4.78, 5) is 0. The number of hydrogen-bond acceptors (Lipinski definition) is 3. The SMILES string of the molecule is CCO[Si](C)(C)CCCOC1CO1. The Kier molecular flexibility index (Phi) is 4.38. The average Bonchev–Trinajstić information content (AvgIpc) is 2.81. The van der Waals surface area contributed by atoms with Crippen LogP contribution in [-0.2, 0) is 13.9 Å². The summed E-state index contributed by atoms with van der Waals surface area (Å²) >= 11 is 0. The van der Waals surface area contributed by atoms with Crippen LogP contribution >= 0.6 is 0 Å². The summed E-state index contributed by atoms with van der Waals surface area (Å²) in [6.45, 7) is 9.00. The molecule has 1 fully saturated rings. The first-order valence-electron chi connectivity index (χ1n) is 5.01. The molecule has 0 aromatic heterocycles. The normalized spacial score (nSPS) is 21.9. The van der Waals surface area contributed by atoms with Gasteiger partial charge >= 0.3 is 0 Å². The maximum absolute atomic E-state index is 5.70. The van der Waals surface area contributed by atoms with Gasteiger partial charge in [-0.3, -0.25) is 0 Å². The van der Waals surface area contributed by atoms with Crippen molar-refractivity contribution in [3.8, 4) is 0 Å². The Morgan fingerprint density at radius 3 is 2.69 bits per heavy atom. The molecule has 1 rings (SSSR count). The van der Waals surface area contributed by atoms with E-state index in [1.807, 2.05) is 0 Å². The second-order valence-electron chi connectivity index (χ2n) is 3.93. The molecule has 0 radical (unpaired) electrons. The summed E-state index contributed by atoms with van der Waals surface area (Å²) in [6.07, 6.45) is 1.20. The van der Waals surface area contributed by atoms with Gasteiger partial charge in [0.1, 0.15) is 6.61 Å². The fourth-order valence-corrected chi connectivity index (χ4v) is 3.23. The maximum Gasteiger partial charge on any atom is 0.186 e. The van der Waals surface area contributed by atoms with E-state index in [9.17, 15) is 0 Å². The molecule has 1 heterocycles. The minimum atomic E-state index is -1.38. The Morgan fingerprint density at radius 1 is 1.46 bits per heavy atom. The number of hydrogen-bond donors (Lipinski definition) is 0. The van der Waals surface area contributed by atoms with Crippen LogP contribution in [0.5, 0.6) is 0 Å². The van der Waals surface area contributed by atoms with Crippen molar-refractivity contribution in [1.29, 1.82) is 0 Å². The Labute approximate surface area is 81.5 Å². The number of epoxide rings is 1. The lowest BCUT2D eigenvalue weighted by Gasteiger charge is -2.21. The third-order valence-electron chi connectivity index (χ3n) is 2.06. The highest BCUT2D eigenvalue weighted by Gasteiger charge is 2.24. The molecule has 1 unspecified atom stereocenters. The smallest absolute Gasteiger partial charge is 0.186 e. The molecule has 0 spiro atoms. The van der Waals surface area contributed by atoms with Crippen molar-refractivity contribution in [3.63, 3.8) is 0 Å². The van der Waals surface area contributed by atoms with Crippen molar-refractivity contribution in [2.24, 2.45) is 0 Å². The Bertz CT molecular complexity index is 146. The van der Waals surface area contributed by atoms with Crippen LogP contribution in [0.2, 0.25) is 19.1 Å². The summed E-state index contributed by atoms with van der Waals surface area (Å²) in [5, 5.41) is 0. The first-order valence-corrected chi connectivity index (χ1v) is 8.13. The molecule has 0 aromatic rings. The summed E-state index contributed by atoms with van der Waals surface area (Å²) in [6, 6.07) is 1.17. The highest BCUT2D eigenvalue weighted by atomic mass is 28.4. The Balaban J connectivity index is 1.95. The molecule has 1 atom stereocenters. The van der Waals surface area contributed by atoms with Gasteiger partial charge in [0.15, 0.2) is 14.6 Å². The van der Waals surface area contributed by atoms with E-state index < -0.39 is 8.32 Å². The van der Waals surface area contributed by atoms with Crippen LogP contribution in [0.15, 0.2) is 0 Å². The monoisotopic (exact) mass is 204 g/mol. The quantitative estimate of drug-likeness (QED) is 0.361. The molecule has 1 aliphatic rings. The van der Waals surface area contributed by atoms with Crippen molar-refractivity contribution >= 4 is 8.32 Å². The molecule has 1 saturated heterocycles. The summed E-state index contributed by atoms with van der Waals surface area (Å²) in [7, 11) is -1.38. The van der Waals surface area contributed by atoms with E-state index in [1.165, 1.54) is 6.04 Å². The maximum atomic E-state index is 5.70. The van der Waals surface area contributed by atoms with E-state index in [-0.39, 0.29) is 6.29 Å². The zero-order valence-electron chi connectivity index (χ0n) is 8.84. The van der Waals surface area contributed by atoms with Crippen molar-refractivity contribution in [3.05, 3.63) is 0 Å². The fraction of sp³-hybridized carbons (Fsp3) is 1.00. The highest BCUT2D eigenvalue weighted by Crippen LogP contribution is 2.15. The second kappa shape index (κ2) is 5.10. The molecular weight excluding hydrogens is 184 g/mol. The molecule has 0 N–H and O–H groups in total. The lowest BCUT2D eigenvalue weighted by molar-refractivity contribution is 0.0502. The van der Waals surface area contributed by atoms with E-state index in [1.54, 1.807) is 0 Å². The van der Waals surface area contributed by atoms with E-state index >= 15 is 0 Å². The van der Waals surface area contributed by atoms with Crippen molar-refractivity contribution in [1.82, 2.24) is 0 Å². The largest absolute Gasteiger partial charge is 0.418 e. The average molecular weight is 204 g/mol. The first kappa shape index (κ1) is 11.2. The summed E-state index contributed by atoms with van der Waals surface area (Å²) in [5.74, 6) is 0. The molecule has 0 amide bonds. The Hall–Kier alpha value is 0.0969. The number of rotatable bonds is 7. The van der Waals surface area contributed by atoms with Crippen LogP contribution in [0.25, 0.3) is 0 Å². The van der Waals surface area contributed by atoms with Gasteiger partial charge in [0, 0.05) is 13.2 Å². The van der Waals surface area contributed by atoms with Gasteiger partial charge in [-0.15, -0.1) is 0 Å². The van der Waals surface area contributed by atoms with Crippen LogP contribution in [0.4, 0.5) is 0 Å². The predicted molar refractivity (Wildman–Crippen MR) is 54.2 cm³/mol. The molecular formula is C9H20O3Si. The van der Waals surface area contributed by atoms with E-state index in [2.05, 4.69) is 20.0 Å². The molecule has 13 heavy (non-hydrogen) atoms. The minimum Gasteiger partial charge on any atom is -0.418 e. The van der Waals surface area contributed by atoms with Gasteiger partial charge in [0.25, 0.3) is 0 Å². The van der Waals surface area contributed by atoms with Crippen molar-refractivity contribution < 1.29 is 13.9 Å². The molecule has 0 bridgehead atoms. The van der Waals surface area contributed by atoms with Crippen LogP contribution in [0, 0.1) is 0 Å². The van der Waals surface area contributed by atoms with Gasteiger partial charge in [-0.05, 0) is 32.5 Å². The van der Waals surface area contributed by atoms with E-state index in [4.69, 9.17) is 13.9 Å². The number of ether oxygens (including phenoxy) is 2. The van der Waals surface area contributed by atoms with E-state index in [0.29, 0.717) is 0 Å². The third-order valence-corrected chi connectivity index (χ3v) is 4.69. The lowest BCUT2D eigenvalue weighted by Crippen LogP contribution is -2.30. The molecule has 4 heteroatoms. The lowest BCUT2D eigenvalue weighted by atomic mass is 10.5. The van der Waals surface area contributed by atoms with Crippen LogP contribution in [0.1, 0.15) is 13.3 Å². The molecule has 0 aliphatic carbocycles. The highest BCUT2D eigenvalue weighted by molar-refractivity contribution is 6.71. The van der Waals surface area contributed by atoms with E-state index in [0.717, 1.165) is 26.2 Å². The fourth-order valence-electron chi connectivity index (χ4n) is 1.31. The summed E-state index contributed by atoms with van der Waals surface area (Å²) in [5.41, 5.74) is 0. The summed E-state index contributed by atoms with van der Waals surface area (Å²) < 4.78 is 16.0.